The molecule has 0 saturated carbocycles. The van der Waals surface area contributed by atoms with Gasteiger partial charge in [0.05, 0.1) is 6.26 Å². The fourth-order valence-corrected chi connectivity index (χ4v) is 3.02. The first-order valence-corrected chi connectivity index (χ1v) is 9.22. The van der Waals surface area contributed by atoms with E-state index in [0.29, 0.717) is 11.3 Å². The number of nitrogens with one attached hydrogen (secondary N) is 2. The molecule has 1 aromatic heterocycles. The van der Waals surface area contributed by atoms with Gasteiger partial charge in [0.2, 0.25) is 0 Å². The Bertz CT molecular complexity index is 797. The van der Waals surface area contributed by atoms with Crippen LogP contribution in [0.4, 0.5) is 0 Å². The first-order chi connectivity index (χ1) is 12.8. The van der Waals surface area contributed by atoms with Crippen LogP contribution in [0.1, 0.15) is 49.4 Å². The minimum atomic E-state index is -0.333. The largest absolute Gasteiger partial charge is 0.465 e. The molecule has 5 nitrogen and oxygen atoms in total. The first-order valence-electron chi connectivity index (χ1n) is 9.22. The van der Waals surface area contributed by atoms with E-state index in [9.17, 15) is 9.59 Å². The van der Waals surface area contributed by atoms with Crippen LogP contribution in [0.25, 0.3) is 6.08 Å². The normalized spacial score (nSPS) is 11.9. The topological polar surface area (TPSA) is 71.3 Å². The van der Waals surface area contributed by atoms with Crippen molar-refractivity contribution in [2.24, 2.45) is 11.8 Å². The molecule has 2 amide bonds. The quantitative estimate of drug-likeness (QED) is 0.721. The zero-order chi connectivity index (χ0) is 20.0. The highest BCUT2D eigenvalue weighted by Crippen LogP contribution is 2.14. The second-order valence-corrected chi connectivity index (χ2v) is 7.33. The van der Waals surface area contributed by atoms with E-state index in [1.54, 1.807) is 30.3 Å². The Labute approximate surface area is 160 Å². The van der Waals surface area contributed by atoms with Crippen LogP contribution in [0.5, 0.6) is 0 Å². The third kappa shape index (κ3) is 5.58. The molecule has 0 bridgehead atoms. The average Bonchev–Trinajstić information content (AvgIpc) is 3.11. The molecule has 0 aliphatic carbocycles. The maximum absolute atomic E-state index is 12.9. The lowest BCUT2D eigenvalue weighted by molar-refractivity contribution is -0.119. The number of carbonyl (C=O) groups is 2. The Hall–Kier alpha value is -2.82. The van der Waals surface area contributed by atoms with Crippen LogP contribution in [0.2, 0.25) is 0 Å². The summed E-state index contributed by atoms with van der Waals surface area (Å²) in [6.45, 7) is 10.1. The molecular weight excluding hydrogens is 340 g/mol. The van der Waals surface area contributed by atoms with Gasteiger partial charge in [0.15, 0.2) is 0 Å². The molecule has 0 radical (unpaired) electrons. The Balaban J connectivity index is 2.28. The van der Waals surface area contributed by atoms with Crippen molar-refractivity contribution in [1.29, 1.82) is 0 Å². The SMILES string of the molecule is Cc1ccccc1C(=O)N/C(=C\c1ccco1)C(=O)NC(C(C)C)C(C)C. The van der Waals surface area contributed by atoms with E-state index in [1.807, 2.05) is 19.1 Å². The molecule has 0 saturated heterocycles. The smallest absolute Gasteiger partial charge is 0.268 e. The zero-order valence-corrected chi connectivity index (χ0v) is 16.6. The molecule has 0 unspecified atom stereocenters. The molecule has 0 aliphatic heterocycles. The van der Waals surface area contributed by atoms with Crippen LogP contribution in [0, 0.1) is 18.8 Å². The predicted octanol–water partition coefficient (Wildman–Crippen LogP) is 4.16. The number of rotatable bonds is 7. The van der Waals surface area contributed by atoms with Gasteiger partial charge in [0.1, 0.15) is 11.5 Å². The number of benzene rings is 1. The summed E-state index contributed by atoms with van der Waals surface area (Å²) in [6.07, 6.45) is 3.07. The van der Waals surface area contributed by atoms with E-state index in [0.717, 1.165) is 5.56 Å². The highest BCUT2D eigenvalue weighted by Gasteiger charge is 2.23. The van der Waals surface area contributed by atoms with Gasteiger partial charge in [-0.1, -0.05) is 45.9 Å². The van der Waals surface area contributed by atoms with E-state index in [2.05, 4.69) is 38.3 Å². The van der Waals surface area contributed by atoms with Crippen molar-refractivity contribution < 1.29 is 14.0 Å². The molecule has 2 N–H and O–H groups in total. The van der Waals surface area contributed by atoms with Crippen molar-refractivity contribution in [2.75, 3.05) is 0 Å². The van der Waals surface area contributed by atoms with Crippen LogP contribution in [-0.4, -0.2) is 17.9 Å². The number of furan rings is 1. The van der Waals surface area contributed by atoms with E-state index in [-0.39, 0.29) is 35.4 Å². The van der Waals surface area contributed by atoms with Crippen molar-refractivity contribution in [2.45, 2.75) is 40.7 Å². The lowest BCUT2D eigenvalue weighted by Crippen LogP contribution is -2.45. The lowest BCUT2D eigenvalue weighted by atomic mass is 9.93. The molecule has 1 aromatic carbocycles. The lowest BCUT2D eigenvalue weighted by Gasteiger charge is -2.26. The maximum Gasteiger partial charge on any atom is 0.268 e. The summed E-state index contributed by atoms with van der Waals surface area (Å²) in [7, 11) is 0. The van der Waals surface area contributed by atoms with Gasteiger partial charge in [-0.2, -0.15) is 0 Å². The van der Waals surface area contributed by atoms with Gasteiger partial charge in [-0.15, -0.1) is 0 Å². The molecular formula is C22H28N2O3. The first kappa shape index (κ1) is 20.5. The maximum atomic E-state index is 12.9. The van der Waals surface area contributed by atoms with E-state index in [4.69, 9.17) is 4.42 Å². The minimum absolute atomic E-state index is 0.00661. The fraction of sp³-hybridized carbons (Fsp3) is 0.364. The fourth-order valence-electron chi connectivity index (χ4n) is 3.02. The van der Waals surface area contributed by atoms with Crippen molar-refractivity contribution in [3.05, 3.63) is 65.2 Å². The standard InChI is InChI=1S/C22H28N2O3/c1-14(2)20(15(3)4)24-22(26)19(13-17-10-8-12-27-17)23-21(25)18-11-7-6-9-16(18)5/h6-15,20H,1-5H3,(H,23,25)(H,24,26)/b19-13-. The molecule has 27 heavy (non-hydrogen) atoms. The predicted molar refractivity (Wildman–Crippen MR) is 107 cm³/mol. The van der Waals surface area contributed by atoms with Gasteiger partial charge in [0, 0.05) is 17.7 Å². The summed E-state index contributed by atoms with van der Waals surface area (Å²) in [5.74, 6) is 0.375. The molecule has 0 fully saturated rings. The van der Waals surface area contributed by atoms with Gasteiger partial charge in [-0.05, 0) is 42.5 Å². The molecule has 0 aliphatic rings. The number of aryl methyl sites for hydroxylation is 1. The molecule has 2 rings (SSSR count). The van der Waals surface area contributed by atoms with Crippen LogP contribution in [0.3, 0.4) is 0 Å². The van der Waals surface area contributed by atoms with Crippen molar-refractivity contribution in [1.82, 2.24) is 10.6 Å². The summed E-state index contributed by atoms with van der Waals surface area (Å²) in [5.41, 5.74) is 1.53. The van der Waals surface area contributed by atoms with Gasteiger partial charge in [0.25, 0.3) is 11.8 Å². The summed E-state index contributed by atoms with van der Waals surface area (Å²) in [5, 5.41) is 5.78. The third-order valence-electron chi connectivity index (χ3n) is 4.45. The number of hydrogen-bond donors (Lipinski definition) is 2. The van der Waals surface area contributed by atoms with E-state index >= 15 is 0 Å². The monoisotopic (exact) mass is 368 g/mol. The summed E-state index contributed by atoms with van der Waals surface area (Å²) < 4.78 is 5.32. The second-order valence-electron chi connectivity index (χ2n) is 7.33. The van der Waals surface area contributed by atoms with E-state index in [1.165, 1.54) is 6.26 Å². The van der Waals surface area contributed by atoms with Gasteiger partial charge in [-0.3, -0.25) is 9.59 Å². The number of hydrogen-bond acceptors (Lipinski definition) is 3. The van der Waals surface area contributed by atoms with Crippen LogP contribution < -0.4 is 10.6 Å². The summed E-state index contributed by atoms with van der Waals surface area (Å²) in [4.78, 5) is 25.6. The Morgan fingerprint density at radius 2 is 1.67 bits per heavy atom. The Kier molecular flexibility index (Phi) is 6.99. The minimum Gasteiger partial charge on any atom is -0.465 e. The van der Waals surface area contributed by atoms with Crippen LogP contribution in [0.15, 0.2) is 52.8 Å². The van der Waals surface area contributed by atoms with Crippen molar-refractivity contribution >= 4 is 17.9 Å². The number of carbonyl (C=O) groups excluding carboxylic acids is 2. The van der Waals surface area contributed by atoms with E-state index < -0.39 is 0 Å². The van der Waals surface area contributed by atoms with Gasteiger partial charge >= 0.3 is 0 Å². The van der Waals surface area contributed by atoms with Crippen molar-refractivity contribution in [3.63, 3.8) is 0 Å². The molecule has 1 heterocycles. The molecule has 0 atom stereocenters. The Morgan fingerprint density at radius 1 is 1.00 bits per heavy atom. The molecule has 0 spiro atoms. The molecule has 5 heteroatoms. The third-order valence-corrected chi connectivity index (χ3v) is 4.45. The molecule has 2 aromatic rings. The highest BCUT2D eigenvalue weighted by molar-refractivity contribution is 6.05. The second kappa shape index (κ2) is 9.21. The summed E-state index contributed by atoms with van der Waals surface area (Å²) >= 11 is 0. The van der Waals surface area contributed by atoms with Crippen LogP contribution >= 0.6 is 0 Å². The Morgan fingerprint density at radius 3 is 2.22 bits per heavy atom. The van der Waals surface area contributed by atoms with Crippen LogP contribution in [-0.2, 0) is 4.79 Å². The number of amides is 2. The zero-order valence-electron chi connectivity index (χ0n) is 16.6. The van der Waals surface area contributed by atoms with Gasteiger partial charge < -0.3 is 15.1 Å². The average molecular weight is 368 g/mol. The summed E-state index contributed by atoms with van der Waals surface area (Å²) in [6, 6.07) is 10.7. The molecule has 144 valence electrons. The van der Waals surface area contributed by atoms with Crippen molar-refractivity contribution in [3.8, 4) is 0 Å². The van der Waals surface area contributed by atoms with Gasteiger partial charge in [-0.25, -0.2) is 0 Å². The highest BCUT2D eigenvalue weighted by atomic mass is 16.3.